The van der Waals surface area contributed by atoms with Crippen LogP contribution in [0.25, 0.3) is 0 Å². The number of benzene rings is 1. The van der Waals surface area contributed by atoms with Crippen LogP contribution in [0, 0.1) is 5.92 Å². The molecule has 0 aliphatic carbocycles. The zero-order valence-electron chi connectivity index (χ0n) is 41.6. The molecule has 1 aromatic rings. The fraction of sp³-hybridized carbons (Fsp3) is 0.667. The number of hydrogen-bond acceptors (Lipinski definition) is 16. The number of hydrogen-bond donors (Lipinski definition) is 16. The van der Waals surface area contributed by atoms with Gasteiger partial charge in [0.05, 0.1) is 18.8 Å². The van der Waals surface area contributed by atoms with Gasteiger partial charge in [0.25, 0.3) is 0 Å². The fourth-order valence-corrected chi connectivity index (χ4v) is 7.33. The van der Waals surface area contributed by atoms with E-state index in [0.29, 0.717) is 12.5 Å². The van der Waals surface area contributed by atoms with Crippen LogP contribution in [0.5, 0.6) is 0 Å². The largest absolute Gasteiger partial charge is 0.403 e. The van der Waals surface area contributed by atoms with E-state index in [2.05, 4.69) is 42.5 Å². The minimum absolute atomic E-state index is 0.0244. The maximum absolute atomic E-state index is 14.3. The zero-order chi connectivity index (χ0) is 55.2. The Kier molecular flexibility index (Phi) is 26.7. The van der Waals surface area contributed by atoms with Gasteiger partial charge in [0.1, 0.15) is 60.4 Å². The minimum atomic E-state index is -4.86. The molecule has 0 radical (unpaired) electrons. The number of nitrogens with two attached hydrogens (primary N) is 3. The van der Waals surface area contributed by atoms with Crippen LogP contribution in [0.3, 0.4) is 0 Å². The van der Waals surface area contributed by atoms with Crippen molar-refractivity contribution in [2.45, 2.75) is 152 Å². The Balaban J connectivity index is 2.73. The molecule has 1 aliphatic rings. The summed E-state index contributed by atoms with van der Waals surface area (Å²) in [6.45, 7) is 4.09. The molecular weight excluding hydrogens is 972 g/mol. The lowest BCUT2D eigenvalue weighted by Gasteiger charge is -2.29. The molecule has 0 saturated carbocycles. The van der Waals surface area contributed by atoms with E-state index in [0.717, 1.165) is 13.8 Å². The molecule has 1 aliphatic heterocycles. The van der Waals surface area contributed by atoms with Crippen molar-refractivity contribution in [3.63, 3.8) is 0 Å². The number of alkyl halides is 3. The molecule has 9 amide bonds. The smallest absolute Gasteiger partial charge is 0.394 e. The Hall–Kier alpha value is -6.04. The zero-order valence-corrected chi connectivity index (χ0v) is 41.6. The topological polar surface area (TPSA) is 413 Å². The van der Waals surface area contributed by atoms with Crippen LogP contribution in [0.4, 0.5) is 13.2 Å². The summed E-state index contributed by atoms with van der Waals surface area (Å²) in [7, 11) is 0. The van der Waals surface area contributed by atoms with Crippen LogP contribution >= 0.6 is 0 Å². The van der Waals surface area contributed by atoms with E-state index < -0.39 is 152 Å². The molecule has 0 bridgehead atoms. The lowest BCUT2D eigenvalue weighted by molar-refractivity contribution is -0.157. The van der Waals surface area contributed by atoms with E-state index in [1.54, 1.807) is 44.2 Å². The normalized spacial score (nSPS) is 24.7. The summed E-state index contributed by atoms with van der Waals surface area (Å²) in [6.07, 6.45) is -9.51. The standard InChI is InChI=1S/C45H74F3N13O12/c1-22(2)19-31-40(69)56-27(11-15-49)36(65)55-29(13-17-51)39(68)61-34(23(3)63)43(72)52-18-14-30(57-42(71)33(21-62)60-44(73)35(24(4)64)53-25(5)45(46,47)48)38(67)54-28(12-16-50)37(66)59-32(41(70)58-31)20-26-9-7-6-8-10-26/h6-10,22-25,27-35,53,62-64H,11-21,49-51H2,1-5H3,(H,52,72)(H,54,67)(H,55,65)(H,56,69)(H,57,71)(H,58,70)(H,59,66)(H,60,73)(H,61,68)/t23-,24-,25-,27+,28+,29+,30+,31+,32-,33-,34+,35+/m1/s1. The number of carbonyl (C=O) groups is 9. The Bertz CT molecular complexity index is 2000. The van der Waals surface area contributed by atoms with Crippen molar-refractivity contribution in [3.05, 3.63) is 35.9 Å². The third-order valence-electron chi connectivity index (χ3n) is 11.4. The van der Waals surface area contributed by atoms with Crippen LogP contribution in [0.1, 0.15) is 72.3 Å². The van der Waals surface area contributed by atoms with Crippen molar-refractivity contribution in [2.75, 3.05) is 32.8 Å². The molecular formula is C45H74F3N13O12. The number of aliphatic hydroxyl groups is 3. The minimum Gasteiger partial charge on any atom is -0.394 e. The lowest BCUT2D eigenvalue weighted by Crippen LogP contribution is -2.62. The molecule has 0 spiro atoms. The number of rotatable bonds is 19. The molecule has 412 valence electrons. The van der Waals surface area contributed by atoms with Crippen molar-refractivity contribution >= 4 is 53.2 Å². The Morgan fingerprint density at radius 2 is 1.14 bits per heavy atom. The first-order valence-electron chi connectivity index (χ1n) is 23.9. The summed E-state index contributed by atoms with van der Waals surface area (Å²) in [4.78, 5) is 124. The summed E-state index contributed by atoms with van der Waals surface area (Å²) in [5.41, 5.74) is 18.0. The van der Waals surface area contributed by atoms with Gasteiger partial charge in [-0.2, -0.15) is 13.2 Å². The highest BCUT2D eigenvalue weighted by atomic mass is 19.4. The van der Waals surface area contributed by atoms with Crippen molar-refractivity contribution < 1.29 is 71.6 Å². The molecule has 0 unspecified atom stereocenters. The van der Waals surface area contributed by atoms with Gasteiger partial charge in [0, 0.05) is 13.0 Å². The highest BCUT2D eigenvalue weighted by molar-refractivity contribution is 5.98. The molecule has 2 rings (SSSR count). The summed E-state index contributed by atoms with van der Waals surface area (Å²) >= 11 is 0. The first-order valence-corrected chi connectivity index (χ1v) is 23.9. The van der Waals surface area contributed by atoms with Gasteiger partial charge < -0.3 is 80.4 Å². The number of nitrogens with one attached hydrogen (secondary N) is 10. The Morgan fingerprint density at radius 1 is 0.671 bits per heavy atom. The molecule has 1 saturated heterocycles. The van der Waals surface area contributed by atoms with Crippen molar-refractivity contribution in [3.8, 4) is 0 Å². The molecule has 1 heterocycles. The van der Waals surface area contributed by atoms with Crippen LogP contribution in [-0.4, -0.2) is 180 Å². The number of carbonyl (C=O) groups excluding carboxylic acids is 9. The van der Waals surface area contributed by atoms with E-state index in [4.69, 9.17) is 17.2 Å². The van der Waals surface area contributed by atoms with E-state index in [9.17, 15) is 71.6 Å². The average Bonchev–Trinajstić information content (AvgIpc) is 3.31. The van der Waals surface area contributed by atoms with Crippen molar-refractivity contribution in [1.29, 1.82) is 0 Å². The Labute approximate surface area is 421 Å². The number of aliphatic hydroxyl groups excluding tert-OH is 3. The molecule has 1 fully saturated rings. The average molecular weight is 1050 g/mol. The summed E-state index contributed by atoms with van der Waals surface area (Å²) in [6, 6.07) is -8.47. The van der Waals surface area contributed by atoms with Crippen molar-refractivity contribution in [1.82, 2.24) is 53.2 Å². The molecule has 0 aromatic heterocycles. The molecule has 12 atom stereocenters. The summed E-state index contributed by atoms with van der Waals surface area (Å²) < 4.78 is 40.1. The quantitative estimate of drug-likeness (QED) is 0.0614. The van der Waals surface area contributed by atoms with Gasteiger partial charge in [-0.3, -0.25) is 48.5 Å². The molecule has 19 N–H and O–H groups in total. The first kappa shape index (κ1) is 63.1. The van der Waals surface area contributed by atoms with Gasteiger partial charge in [-0.05, 0) is 84.0 Å². The third-order valence-corrected chi connectivity index (χ3v) is 11.4. The maximum atomic E-state index is 14.3. The fourth-order valence-electron chi connectivity index (χ4n) is 7.33. The summed E-state index contributed by atoms with van der Waals surface area (Å²) in [5.74, 6) is -9.59. The lowest BCUT2D eigenvalue weighted by atomic mass is 10.00. The second-order valence-electron chi connectivity index (χ2n) is 18.1. The molecule has 73 heavy (non-hydrogen) atoms. The molecule has 28 heteroatoms. The van der Waals surface area contributed by atoms with E-state index in [1.165, 1.54) is 0 Å². The van der Waals surface area contributed by atoms with E-state index >= 15 is 0 Å². The molecule has 25 nitrogen and oxygen atoms in total. The third kappa shape index (κ3) is 21.1. The van der Waals surface area contributed by atoms with Gasteiger partial charge in [-0.15, -0.1) is 0 Å². The van der Waals surface area contributed by atoms with Crippen LogP contribution in [-0.2, 0) is 49.6 Å². The van der Waals surface area contributed by atoms with Crippen LogP contribution in [0.15, 0.2) is 30.3 Å². The highest BCUT2D eigenvalue weighted by Gasteiger charge is 2.41. The number of halogens is 3. The van der Waals surface area contributed by atoms with E-state index in [-0.39, 0.29) is 57.7 Å². The van der Waals surface area contributed by atoms with Gasteiger partial charge in [0.2, 0.25) is 53.2 Å². The van der Waals surface area contributed by atoms with Gasteiger partial charge in [-0.25, -0.2) is 0 Å². The van der Waals surface area contributed by atoms with Crippen LogP contribution < -0.4 is 70.4 Å². The highest BCUT2D eigenvalue weighted by Crippen LogP contribution is 2.20. The van der Waals surface area contributed by atoms with Crippen molar-refractivity contribution in [2.24, 2.45) is 23.1 Å². The maximum Gasteiger partial charge on any atom is 0.403 e. The second kappa shape index (κ2) is 30.9. The van der Waals surface area contributed by atoms with E-state index in [1.807, 2.05) is 10.6 Å². The summed E-state index contributed by atoms with van der Waals surface area (Å²) in [5, 5.41) is 54.7. The predicted octanol–water partition coefficient (Wildman–Crippen LogP) is -5.62. The van der Waals surface area contributed by atoms with Crippen LogP contribution in [0.2, 0.25) is 0 Å². The van der Waals surface area contributed by atoms with Gasteiger partial charge in [-0.1, -0.05) is 44.2 Å². The number of amides is 9. The molecule has 1 aromatic carbocycles. The van der Waals surface area contributed by atoms with Gasteiger partial charge in [0.15, 0.2) is 0 Å². The SMILES string of the molecule is CC(C)C[C@@H]1NC(=O)[C@@H](Cc2ccccc2)NC(=O)[C@H](CCN)NC(=O)[C@@H](NC(=O)[C@@H](CO)NC(=O)[C@@H](N[C@H](C)C(F)(F)F)[C@@H](C)O)CCNC(=O)[C@H]([C@@H](C)O)NC(=O)[C@H](CCN)NC(=O)[C@H](CCN)NC1=O. The second-order valence-corrected chi connectivity index (χ2v) is 18.1. The predicted molar refractivity (Wildman–Crippen MR) is 257 cm³/mol. The monoisotopic (exact) mass is 1050 g/mol. The first-order chi connectivity index (χ1) is 34.3. The Morgan fingerprint density at radius 3 is 1.60 bits per heavy atom. The van der Waals surface area contributed by atoms with Gasteiger partial charge >= 0.3 is 6.18 Å².